The smallest absolute Gasteiger partial charge is 0.133 e. The summed E-state index contributed by atoms with van der Waals surface area (Å²) in [6.07, 6.45) is 2.44. The highest BCUT2D eigenvalue weighted by Crippen LogP contribution is 2.26. The fraction of sp³-hybridized carbons (Fsp3) is 0.154. The standard InChI is InChI=1S/C13H10FNS/c1-2-3-4-10-5-6-11(12(14)7-10)13-8-15-9-16-13/h5-9H,2H2,1H3. The lowest BCUT2D eigenvalue weighted by atomic mass is 10.1. The van der Waals surface area contributed by atoms with E-state index in [2.05, 4.69) is 16.8 Å². The third-order valence-electron chi connectivity index (χ3n) is 2.08. The van der Waals surface area contributed by atoms with E-state index in [4.69, 9.17) is 0 Å². The molecule has 1 nitrogen and oxygen atoms in total. The first kappa shape index (κ1) is 10.8. The van der Waals surface area contributed by atoms with E-state index in [1.165, 1.54) is 17.4 Å². The summed E-state index contributed by atoms with van der Waals surface area (Å²) in [7, 11) is 0. The van der Waals surface area contributed by atoms with Crippen LogP contribution in [0.4, 0.5) is 4.39 Å². The van der Waals surface area contributed by atoms with Gasteiger partial charge >= 0.3 is 0 Å². The van der Waals surface area contributed by atoms with Crippen molar-refractivity contribution >= 4 is 11.3 Å². The zero-order chi connectivity index (χ0) is 11.4. The van der Waals surface area contributed by atoms with Gasteiger partial charge in [-0.05, 0) is 18.2 Å². The van der Waals surface area contributed by atoms with E-state index in [9.17, 15) is 4.39 Å². The van der Waals surface area contributed by atoms with Gasteiger partial charge in [-0.15, -0.1) is 11.3 Å². The minimum Gasteiger partial charge on any atom is -0.252 e. The summed E-state index contributed by atoms with van der Waals surface area (Å²) in [5, 5.41) is 0. The molecular formula is C13H10FNS. The van der Waals surface area contributed by atoms with Crippen LogP contribution < -0.4 is 0 Å². The Labute approximate surface area is 98.0 Å². The normalized spacial score (nSPS) is 9.62. The summed E-state index contributed by atoms with van der Waals surface area (Å²) < 4.78 is 13.8. The van der Waals surface area contributed by atoms with Crippen molar-refractivity contribution in [3.8, 4) is 22.3 Å². The monoisotopic (exact) mass is 231 g/mol. The predicted octanol–water partition coefficient (Wildman–Crippen LogP) is 3.71. The molecule has 1 aromatic carbocycles. The second-order valence-electron chi connectivity index (χ2n) is 3.22. The molecule has 2 rings (SSSR count). The van der Waals surface area contributed by atoms with Crippen molar-refractivity contribution in [2.75, 3.05) is 0 Å². The molecule has 1 aromatic heterocycles. The summed E-state index contributed by atoms with van der Waals surface area (Å²) >= 11 is 1.43. The average molecular weight is 231 g/mol. The van der Waals surface area contributed by atoms with Crippen LogP contribution in [0.1, 0.15) is 18.9 Å². The molecular weight excluding hydrogens is 221 g/mol. The van der Waals surface area contributed by atoms with Crippen molar-refractivity contribution in [1.29, 1.82) is 0 Å². The van der Waals surface area contributed by atoms with Gasteiger partial charge in [0.1, 0.15) is 5.82 Å². The molecule has 0 saturated heterocycles. The van der Waals surface area contributed by atoms with Crippen molar-refractivity contribution in [3.05, 3.63) is 41.3 Å². The molecule has 0 N–H and O–H groups in total. The zero-order valence-electron chi connectivity index (χ0n) is 8.83. The lowest BCUT2D eigenvalue weighted by molar-refractivity contribution is 0.631. The molecule has 0 saturated carbocycles. The van der Waals surface area contributed by atoms with E-state index in [1.807, 2.05) is 13.0 Å². The molecule has 0 radical (unpaired) electrons. The van der Waals surface area contributed by atoms with Gasteiger partial charge in [0, 0.05) is 23.7 Å². The molecule has 0 aliphatic heterocycles. The number of halogens is 1. The molecule has 1 heterocycles. The van der Waals surface area contributed by atoms with Crippen LogP contribution in [0, 0.1) is 17.7 Å². The van der Waals surface area contributed by atoms with Gasteiger partial charge in [-0.1, -0.05) is 18.8 Å². The molecule has 0 aliphatic carbocycles. The molecule has 0 aliphatic rings. The minimum absolute atomic E-state index is 0.243. The number of hydrogen-bond acceptors (Lipinski definition) is 2. The van der Waals surface area contributed by atoms with Gasteiger partial charge in [-0.3, -0.25) is 4.98 Å². The highest BCUT2D eigenvalue weighted by atomic mass is 32.1. The lowest BCUT2D eigenvalue weighted by Gasteiger charge is -1.99. The van der Waals surface area contributed by atoms with E-state index >= 15 is 0 Å². The van der Waals surface area contributed by atoms with E-state index in [-0.39, 0.29) is 5.82 Å². The molecule has 80 valence electrons. The van der Waals surface area contributed by atoms with Gasteiger partial charge < -0.3 is 0 Å². The van der Waals surface area contributed by atoms with Gasteiger partial charge in [0.2, 0.25) is 0 Å². The largest absolute Gasteiger partial charge is 0.252 e. The summed E-state index contributed by atoms with van der Waals surface area (Å²) in [6, 6.07) is 5.06. The predicted molar refractivity (Wildman–Crippen MR) is 64.7 cm³/mol. The number of rotatable bonds is 1. The highest BCUT2D eigenvalue weighted by molar-refractivity contribution is 7.13. The van der Waals surface area contributed by atoms with Crippen LogP contribution in [0.25, 0.3) is 10.4 Å². The first-order valence-electron chi connectivity index (χ1n) is 4.98. The van der Waals surface area contributed by atoms with E-state index < -0.39 is 0 Å². The Morgan fingerprint density at radius 2 is 2.31 bits per heavy atom. The van der Waals surface area contributed by atoms with Crippen LogP contribution in [0.5, 0.6) is 0 Å². The maximum atomic E-state index is 13.8. The number of thiazole rings is 1. The topological polar surface area (TPSA) is 12.9 Å². The molecule has 3 heteroatoms. The molecule has 0 unspecified atom stereocenters. The van der Waals surface area contributed by atoms with Crippen molar-refractivity contribution < 1.29 is 4.39 Å². The Balaban J connectivity index is 2.38. The fourth-order valence-corrected chi connectivity index (χ4v) is 1.98. The second-order valence-corrected chi connectivity index (χ2v) is 4.10. The zero-order valence-corrected chi connectivity index (χ0v) is 9.64. The Kier molecular flexibility index (Phi) is 3.33. The first-order valence-corrected chi connectivity index (χ1v) is 5.86. The SMILES string of the molecule is CCC#Cc1ccc(-c2cncs2)c(F)c1. The fourth-order valence-electron chi connectivity index (χ4n) is 1.33. The molecule has 2 aromatic rings. The van der Waals surface area contributed by atoms with Crippen LogP contribution in [0.15, 0.2) is 29.9 Å². The van der Waals surface area contributed by atoms with Crippen molar-refractivity contribution in [2.45, 2.75) is 13.3 Å². The first-order chi connectivity index (χ1) is 7.81. The maximum absolute atomic E-state index is 13.8. The van der Waals surface area contributed by atoms with Crippen molar-refractivity contribution in [1.82, 2.24) is 4.98 Å². The average Bonchev–Trinajstić information content (AvgIpc) is 2.80. The molecule has 16 heavy (non-hydrogen) atoms. The number of hydrogen-bond donors (Lipinski definition) is 0. The Bertz CT molecular complexity index is 535. The summed E-state index contributed by atoms with van der Waals surface area (Å²) in [5.41, 5.74) is 3.00. The minimum atomic E-state index is -0.243. The van der Waals surface area contributed by atoms with Crippen LogP contribution in [-0.2, 0) is 0 Å². The van der Waals surface area contributed by atoms with E-state index in [0.717, 1.165) is 11.3 Å². The van der Waals surface area contributed by atoms with Crippen molar-refractivity contribution in [3.63, 3.8) is 0 Å². The van der Waals surface area contributed by atoms with Crippen LogP contribution in [0.3, 0.4) is 0 Å². The summed E-state index contributed by atoms with van der Waals surface area (Å²) in [4.78, 5) is 4.78. The van der Waals surface area contributed by atoms with Gasteiger partial charge in [-0.25, -0.2) is 4.39 Å². The van der Waals surface area contributed by atoms with Gasteiger partial charge in [0.15, 0.2) is 0 Å². The summed E-state index contributed by atoms with van der Waals surface area (Å²) in [5.74, 6) is 5.58. The van der Waals surface area contributed by atoms with E-state index in [1.54, 1.807) is 17.8 Å². The van der Waals surface area contributed by atoms with Crippen LogP contribution in [-0.4, -0.2) is 4.98 Å². The maximum Gasteiger partial charge on any atom is 0.133 e. The highest BCUT2D eigenvalue weighted by Gasteiger charge is 2.06. The molecule has 0 bridgehead atoms. The number of nitrogens with zero attached hydrogens (tertiary/aromatic N) is 1. The molecule has 0 atom stereocenters. The second kappa shape index (κ2) is 4.91. The number of benzene rings is 1. The quantitative estimate of drug-likeness (QED) is 0.682. The lowest BCUT2D eigenvalue weighted by Crippen LogP contribution is -1.84. The third-order valence-corrected chi connectivity index (χ3v) is 2.88. The third kappa shape index (κ3) is 2.29. The molecule has 0 fully saturated rings. The Morgan fingerprint density at radius 3 is 2.94 bits per heavy atom. The Hall–Kier alpha value is -1.66. The summed E-state index contributed by atoms with van der Waals surface area (Å²) in [6.45, 7) is 1.97. The van der Waals surface area contributed by atoms with Crippen molar-refractivity contribution in [2.24, 2.45) is 0 Å². The van der Waals surface area contributed by atoms with Gasteiger partial charge in [0.05, 0.1) is 10.4 Å². The van der Waals surface area contributed by atoms with Gasteiger partial charge in [0.25, 0.3) is 0 Å². The van der Waals surface area contributed by atoms with Crippen LogP contribution in [0.2, 0.25) is 0 Å². The number of aromatic nitrogens is 1. The molecule has 0 amide bonds. The van der Waals surface area contributed by atoms with Gasteiger partial charge in [-0.2, -0.15) is 0 Å². The molecule has 0 spiro atoms. The Morgan fingerprint density at radius 1 is 1.44 bits per heavy atom. The van der Waals surface area contributed by atoms with Crippen LogP contribution >= 0.6 is 11.3 Å². The van der Waals surface area contributed by atoms with E-state index in [0.29, 0.717) is 11.1 Å².